The molecule has 1 amide bonds. The van der Waals surface area contributed by atoms with Gasteiger partial charge in [0.15, 0.2) is 0 Å². The molecule has 1 aromatic heterocycles. The number of alkyl halides is 1. The number of aromatic nitrogens is 1. The molecule has 18 heavy (non-hydrogen) atoms. The third-order valence-corrected chi connectivity index (χ3v) is 3.21. The van der Waals surface area contributed by atoms with Crippen LogP contribution in [0.3, 0.4) is 0 Å². The number of carbonyl (C=O) groups excluding carboxylic acids is 1. The molecule has 2 rings (SSSR count). The Morgan fingerprint density at radius 2 is 1.94 bits per heavy atom. The van der Waals surface area contributed by atoms with E-state index in [0.29, 0.717) is 16.4 Å². The van der Waals surface area contributed by atoms with Crippen LogP contribution in [0.15, 0.2) is 42.6 Å². The van der Waals surface area contributed by atoms with Crippen LogP contribution in [0.25, 0.3) is 0 Å². The highest BCUT2D eigenvalue weighted by Gasteiger charge is 2.06. The molecule has 0 aliphatic carbocycles. The third-order valence-electron chi connectivity index (χ3n) is 2.34. The number of carbonyl (C=O) groups is 1. The quantitative estimate of drug-likeness (QED) is 0.870. The number of benzene rings is 1. The molecular formula is C13H10BrClN2O. The van der Waals surface area contributed by atoms with Gasteiger partial charge < -0.3 is 5.32 Å². The van der Waals surface area contributed by atoms with E-state index in [-0.39, 0.29) is 5.91 Å². The van der Waals surface area contributed by atoms with Gasteiger partial charge in [-0.15, -0.1) is 0 Å². The third kappa shape index (κ3) is 3.31. The molecule has 2 aromatic rings. The average molecular weight is 326 g/mol. The van der Waals surface area contributed by atoms with E-state index in [1.165, 1.54) is 6.20 Å². The number of halogens is 2. The zero-order chi connectivity index (χ0) is 13.0. The molecule has 0 fully saturated rings. The molecule has 1 heterocycles. The molecule has 0 spiro atoms. The lowest BCUT2D eigenvalue weighted by molar-refractivity contribution is 0.102. The van der Waals surface area contributed by atoms with E-state index in [4.69, 9.17) is 11.6 Å². The van der Waals surface area contributed by atoms with Gasteiger partial charge in [-0.3, -0.25) is 4.79 Å². The second kappa shape index (κ2) is 5.98. The van der Waals surface area contributed by atoms with Crippen LogP contribution in [0.2, 0.25) is 5.02 Å². The monoisotopic (exact) mass is 324 g/mol. The molecule has 0 bridgehead atoms. The van der Waals surface area contributed by atoms with E-state index in [9.17, 15) is 4.79 Å². The Morgan fingerprint density at radius 1 is 1.22 bits per heavy atom. The van der Waals surface area contributed by atoms with Crippen molar-refractivity contribution in [1.29, 1.82) is 0 Å². The van der Waals surface area contributed by atoms with Crippen LogP contribution in [-0.2, 0) is 5.33 Å². The molecule has 0 saturated carbocycles. The summed E-state index contributed by atoms with van der Waals surface area (Å²) in [6, 6.07) is 10.7. The molecule has 0 saturated heterocycles. The molecule has 0 radical (unpaired) electrons. The second-order valence-electron chi connectivity index (χ2n) is 3.65. The zero-order valence-electron chi connectivity index (χ0n) is 9.36. The second-order valence-corrected chi connectivity index (χ2v) is 4.64. The number of pyridine rings is 1. The smallest absolute Gasteiger partial charge is 0.256 e. The molecule has 3 nitrogen and oxygen atoms in total. The topological polar surface area (TPSA) is 42.0 Å². The Hall–Kier alpha value is -1.39. The zero-order valence-corrected chi connectivity index (χ0v) is 11.7. The van der Waals surface area contributed by atoms with Crippen LogP contribution in [0.1, 0.15) is 15.9 Å². The van der Waals surface area contributed by atoms with E-state index < -0.39 is 0 Å². The first-order valence-corrected chi connectivity index (χ1v) is 6.77. The van der Waals surface area contributed by atoms with Crippen molar-refractivity contribution in [3.63, 3.8) is 0 Å². The number of anilines is 1. The van der Waals surface area contributed by atoms with Gasteiger partial charge in [0, 0.05) is 17.1 Å². The number of hydrogen-bond acceptors (Lipinski definition) is 2. The van der Waals surface area contributed by atoms with Crippen LogP contribution in [0.5, 0.6) is 0 Å². The first kappa shape index (κ1) is 13.1. The molecule has 5 heteroatoms. The highest BCUT2D eigenvalue weighted by molar-refractivity contribution is 9.08. The van der Waals surface area contributed by atoms with E-state index in [2.05, 4.69) is 26.2 Å². The maximum atomic E-state index is 11.9. The standard InChI is InChI=1S/C13H10BrClN2O/c14-7-9-1-3-10(4-2-9)13(18)17-12-6-5-11(15)8-16-12/h1-6,8H,7H2,(H,16,17,18). The maximum Gasteiger partial charge on any atom is 0.256 e. The summed E-state index contributed by atoms with van der Waals surface area (Å²) >= 11 is 9.08. The first-order valence-electron chi connectivity index (χ1n) is 5.27. The van der Waals surface area contributed by atoms with E-state index in [1.807, 2.05) is 12.1 Å². The molecule has 0 unspecified atom stereocenters. The lowest BCUT2D eigenvalue weighted by Gasteiger charge is -2.04. The summed E-state index contributed by atoms with van der Waals surface area (Å²) in [5, 5.41) is 4.01. The Bertz CT molecular complexity index is 540. The average Bonchev–Trinajstić information content (AvgIpc) is 2.41. The molecule has 0 aliphatic heterocycles. The van der Waals surface area contributed by atoms with Crippen LogP contribution >= 0.6 is 27.5 Å². The highest BCUT2D eigenvalue weighted by Crippen LogP contribution is 2.12. The summed E-state index contributed by atoms with van der Waals surface area (Å²) in [6.45, 7) is 0. The van der Waals surface area contributed by atoms with Gasteiger partial charge in [0.25, 0.3) is 5.91 Å². The number of amides is 1. The molecule has 0 aliphatic rings. The summed E-state index contributed by atoms with van der Waals surface area (Å²) in [7, 11) is 0. The normalized spacial score (nSPS) is 10.1. The summed E-state index contributed by atoms with van der Waals surface area (Å²) in [6.07, 6.45) is 1.49. The van der Waals surface area contributed by atoms with Crippen molar-refractivity contribution in [3.05, 3.63) is 58.7 Å². The van der Waals surface area contributed by atoms with Crippen LogP contribution in [-0.4, -0.2) is 10.9 Å². The molecule has 1 N–H and O–H groups in total. The first-order chi connectivity index (χ1) is 8.69. The van der Waals surface area contributed by atoms with Gasteiger partial charge in [-0.25, -0.2) is 4.98 Å². The van der Waals surface area contributed by atoms with Gasteiger partial charge in [-0.05, 0) is 29.8 Å². The minimum Gasteiger partial charge on any atom is -0.307 e. The number of nitrogens with one attached hydrogen (secondary N) is 1. The predicted molar refractivity (Wildman–Crippen MR) is 76.3 cm³/mol. The Morgan fingerprint density at radius 3 is 2.50 bits per heavy atom. The lowest BCUT2D eigenvalue weighted by Crippen LogP contribution is -2.12. The lowest BCUT2D eigenvalue weighted by atomic mass is 10.1. The minimum absolute atomic E-state index is 0.189. The van der Waals surface area contributed by atoms with Gasteiger partial charge in [0.2, 0.25) is 0 Å². The number of nitrogens with zero attached hydrogens (tertiary/aromatic N) is 1. The van der Waals surface area contributed by atoms with Crippen LogP contribution in [0, 0.1) is 0 Å². The van der Waals surface area contributed by atoms with Crippen LogP contribution in [0.4, 0.5) is 5.82 Å². The van der Waals surface area contributed by atoms with Crippen LogP contribution < -0.4 is 5.32 Å². The fraction of sp³-hybridized carbons (Fsp3) is 0.0769. The van der Waals surface area contributed by atoms with Crippen molar-refractivity contribution in [2.45, 2.75) is 5.33 Å². The van der Waals surface area contributed by atoms with Gasteiger partial charge in [0.1, 0.15) is 5.82 Å². The summed E-state index contributed by atoms with van der Waals surface area (Å²) in [5.41, 5.74) is 1.72. The number of rotatable bonds is 3. The van der Waals surface area contributed by atoms with Gasteiger partial charge in [-0.2, -0.15) is 0 Å². The van der Waals surface area contributed by atoms with Crippen molar-refractivity contribution in [2.24, 2.45) is 0 Å². The van der Waals surface area contributed by atoms with Crippen molar-refractivity contribution in [3.8, 4) is 0 Å². The Balaban J connectivity index is 2.09. The van der Waals surface area contributed by atoms with E-state index in [0.717, 1.165) is 10.9 Å². The van der Waals surface area contributed by atoms with E-state index >= 15 is 0 Å². The Labute approximate surface area is 118 Å². The van der Waals surface area contributed by atoms with Crippen molar-refractivity contribution in [2.75, 3.05) is 5.32 Å². The summed E-state index contributed by atoms with van der Waals surface area (Å²) < 4.78 is 0. The predicted octanol–water partition coefficient (Wildman–Crippen LogP) is 3.88. The van der Waals surface area contributed by atoms with Gasteiger partial charge in [0.05, 0.1) is 5.02 Å². The fourth-order valence-electron chi connectivity index (χ4n) is 1.38. The van der Waals surface area contributed by atoms with Crippen molar-refractivity contribution < 1.29 is 4.79 Å². The van der Waals surface area contributed by atoms with Crippen molar-refractivity contribution in [1.82, 2.24) is 4.98 Å². The van der Waals surface area contributed by atoms with Crippen molar-refractivity contribution >= 4 is 39.3 Å². The molecule has 0 atom stereocenters. The SMILES string of the molecule is O=C(Nc1ccc(Cl)cn1)c1ccc(CBr)cc1. The maximum absolute atomic E-state index is 11.9. The minimum atomic E-state index is -0.189. The number of hydrogen-bond donors (Lipinski definition) is 1. The highest BCUT2D eigenvalue weighted by atomic mass is 79.9. The summed E-state index contributed by atoms with van der Waals surface area (Å²) in [5.74, 6) is 0.292. The largest absolute Gasteiger partial charge is 0.307 e. The molecular weight excluding hydrogens is 316 g/mol. The van der Waals surface area contributed by atoms with E-state index in [1.54, 1.807) is 24.3 Å². The van der Waals surface area contributed by atoms with Gasteiger partial charge >= 0.3 is 0 Å². The fourth-order valence-corrected chi connectivity index (χ4v) is 1.87. The molecule has 92 valence electrons. The molecule has 1 aromatic carbocycles. The van der Waals surface area contributed by atoms with Gasteiger partial charge in [-0.1, -0.05) is 39.7 Å². The Kier molecular flexibility index (Phi) is 4.33. The summed E-state index contributed by atoms with van der Waals surface area (Å²) in [4.78, 5) is 15.9.